The number of rotatable bonds is 4. The third kappa shape index (κ3) is 2.83. The first kappa shape index (κ1) is 12.1. The van der Waals surface area contributed by atoms with Crippen LogP contribution >= 0.6 is 0 Å². The first-order chi connectivity index (χ1) is 7.97. The lowest BCUT2D eigenvalue weighted by Gasteiger charge is -2.10. The highest BCUT2D eigenvalue weighted by molar-refractivity contribution is 7.85. The van der Waals surface area contributed by atoms with Crippen LogP contribution in [0.25, 0.3) is 0 Å². The summed E-state index contributed by atoms with van der Waals surface area (Å²) in [4.78, 5) is 11.6. The second-order valence-corrected chi connectivity index (χ2v) is 5.57. The predicted octanol–water partition coefficient (Wildman–Crippen LogP) is 0.837. The van der Waals surface area contributed by atoms with Gasteiger partial charge in [0.05, 0.1) is 18.9 Å². The molecule has 6 heteroatoms. The molecule has 5 nitrogen and oxygen atoms in total. The van der Waals surface area contributed by atoms with Gasteiger partial charge in [0, 0.05) is 5.56 Å². The number of amides is 1. The second kappa shape index (κ2) is 4.46. The molecule has 17 heavy (non-hydrogen) atoms. The summed E-state index contributed by atoms with van der Waals surface area (Å²) >= 11 is 0. The zero-order valence-corrected chi connectivity index (χ0v) is 10.2. The van der Waals surface area contributed by atoms with Crippen molar-refractivity contribution in [3.8, 4) is 0 Å². The van der Waals surface area contributed by atoms with Crippen LogP contribution in [0.5, 0.6) is 0 Å². The molecule has 1 aromatic rings. The van der Waals surface area contributed by atoms with Crippen molar-refractivity contribution in [1.29, 1.82) is 0 Å². The molecule has 1 heterocycles. The third-order valence-corrected chi connectivity index (χ3v) is 3.18. The lowest BCUT2D eigenvalue weighted by molar-refractivity contribution is 0.0953. The van der Waals surface area contributed by atoms with E-state index in [1.54, 1.807) is 12.1 Å². The van der Waals surface area contributed by atoms with Crippen LogP contribution in [0.4, 0.5) is 0 Å². The highest BCUT2D eigenvalue weighted by Crippen LogP contribution is 2.27. The van der Waals surface area contributed by atoms with Gasteiger partial charge in [0.1, 0.15) is 0 Å². The van der Waals surface area contributed by atoms with Gasteiger partial charge >= 0.3 is 0 Å². The van der Waals surface area contributed by atoms with E-state index in [-0.39, 0.29) is 18.6 Å². The number of fused-ring (bicyclic) bond motifs is 1. The molecule has 92 valence electrons. The molecule has 0 saturated carbocycles. The number of carbonyl (C=O) groups excluding carboxylic acids is 1. The molecule has 1 aromatic carbocycles. The summed E-state index contributed by atoms with van der Waals surface area (Å²) in [5.41, 5.74) is 1.55. The van der Waals surface area contributed by atoms with Gasteiger partial charge in [0.25, 0.3) is 16.0 Å². The largest absolute Gasteiger partial charge is 0.345 e. The Balaban J connectivity index is 2.03. The monoisotopic (exact) mass is 255 g/mol. The summed E-state index contributed by atoms with van der Waals surface area (Å²) in [6.45, 7) is 0.0676. The summed E-state index contributed by atoms with van der Waals surface area (Å²) in [6.07, 6.45) is 1.45. The van der Waals surface area contributed by atoms with Crippen LogP contribution in [0.3, 0.4) is 0 Å². The molecule has 0 radical (unpaired) electrons. The summed E-state index contributed by atoms with van der Waals surface area (Å²) in [5, 5.41) is 2.79. The van der Waals surface area contributed by atoms with E-state index >= 15 is 0 Å². The Bertz CT molecular complexity index is 538. The van der Waals surface area contributed by atoms with E-state index in [1.807, 2.05) is 12.1 Å². The normalized spacial score (nSPS) is 18.9. The van der Waals surface area contributed by atoms with Gasteiger partial charge in [0.2, 0.25) is 0 Å². The highest BCUT2D eigenvalue weighted by Gasteiger charge is 2.27. The van der Waals surface area contributed by atoms with E-state index in [0.29, 0.717) is 12.0 Å². The second-order valence-electron chi connectivity index (χ2n) is 3.93. The molecule has 1 aliphatic rings. The minimum atomic E-state index is -3.42. The average Bonchev–Trinajstić information content (AvgIpc) is 2.55. The Kier molecular flexibility index (Phi) is 3.17. The molecule has 0 saturated heterocycles. The van der Waals surface area contributed by atoms with Crippen LogP contribution in [0, 0.1) is 0 Å². The molecule has 0 aliphatic carbocycles. The van der Waals surface area contributed by atoms with E-state index < -0.39 is 10.1 Å². The van der Waals surface area contributed by atoms with Crippen molar-refractivity contribution >= 4 is 16.0 Å². The van der Waals surface area contributed by atoms with Gasteiger partial charge < -0.3 is 5.32 Å². The van der Waals surface area contributed by atoms with Crippen molar-refractivity contribution in [3.05, 3.63) is 35.4 Å². The Morgan fingerprint density at radius 3 is 2.76 bits per heavy atom. The van der Waals surface area contributed by atoms with Gasteiger partial charge in [-0.15, -0.1) is 0 Å². The van der Waals surface area contributed by atoms with Gasteiger partial charge in [-0.1, -0.05) is 18.2 Å². The molecule has 0 spiro atoms. The Morgan fingerprint density at radius 1 is 1.35 bits per heavy atom. The van der Waals surface area contributed by atoms with Crippen LogP contribution in [-0.4, -0.2) is 27.2 Å². The molecule has 1 N–H and O–H groups in total. The van der Waals surface area contributed by atoms with Crippen LogP contribution in [0.15, 0.2) is 24.3 Å². The fourth-order valence-corrected chi connectivity index (χ4v) is 2.27. The average molecular weight is 255 g/mol. The van der Waals surface area contributed by atoms with Crippen molar-refractivity contribution in [2.24, 2.45) is 0 Å². The number of nitrogens with one attached hydrogen (secondary N) is 1. The minimum Gasteiger partial charge on any atom is -0.345 e. The number of benzene rings is 1. The van der Waals surface area contributed by atoms with E-state index in [1.165, 1.54) is 0 Å². The molecule has 1 atom stereocenters. The van der Waals surface area contributed by atoms with E-state index in [0.717, 1.165) is 11.8 Å². The molecular weight excluding hydrogens is 242 g/mol. The number of carbonyl (C=O) groups is 1. The Labute approximate surface area is 99.9 Å². The van der Waals surface area contributed by atoms with Crippen molar-refractivity contribution < 1.29 is 17.4 Å². The maximum absolute atomic E-state index is 11.6. The van der Waals surface area contributed by atoms with Gasteiger partial charge in [-0.25, -0.2) is 0 Å². The summed E-state index contributed by atoms with van der Waals surface area (Å²) in [6, 6.07) is 7.10. The molecule has 0 bridgehead atoms. The third-order valence-electron chi connectivity index (χ3n) is 2.59. The molecule has 0 aromatic heterocycles. The van der Waals surface area contributed by atoms with Crippen LogP contribution in [0.1, 0.15) is 28.4 Å². The fourth-order valence-electron chi connectivity index (χ4n) is 1.87. The smallest absolute Gasteiger partial charge is 0.264 e. The first-order valence-corrected chi connectivity index (χ1v) is 7.03. The first-order valence-electron chi connectivity index (χ1n) is 5.21. The van der Waals surface area contributed by atoms with E-state index in [4.69, 9.17) is 0 Å². The minimum absolute atomic E-state index is 0.0676. The Hall–Kier alpha value is -1.40. The van der Waals surface area contributed by atoms with Gasteiger partial charge in [-0.3, -0.25) is 8.98 Å². The van der Waals surface area contributed by atoms with Crippen molar-refractivity contribution in [1.82, 2.24) is 5.32 Å². The van der Waals surface area contributed by atoms with E-state index in [2.05, 4.69) is 9.50 Å². The topological polar surface area (TPSA) is 72.5 Å². The number of hydrogen-bond donors (Lipinski definition) is 1. The number of hydrogen-bond acceptors (Lipinski definition) is 4. The van der Waals surface area contributed by atoms with Crippen LogP contribution < -0.4 is 5.32 Å². The summed E-state index contributed by atoms with van der Waals surface area (Å²) < 4.78 is 26.3. The van der Waals surface area contributed by atoms with Gasteiger partial charge in [0.15, 0.2) is 0 Å². The zero-order valence-electron chi connectivity index (χ0n) is 9.34. The van der Waals surface area contributed by atoms with Crippen molar-refractivity contribution in [3.63, 3.8) is 0 Å². The van der Waals surface area contributed by atoms with Crippen LogP contribution in [0.2, 0.25) is 0 Å². The lowest BCUT2D eigenvalue weighted by atomic mass is 10.0. The molecule has 0 fully saturated rings. The van der Waals surface area contributed by atoms with Gasteiger partial charge in [-0.05, 0) is 18.1 Å². The highest BCUT2D eigenvalue weighted by atomic mass is 32.2. The summed E-state index contributed by atoms with van der Waals surface area (Å²) in [7, 11) is -3.42. The quantitative estimate of drug-likeness (QED) is 0.809. The Morgan fingerprint density at radius 2 is 2.06 bits per heavy atom. The standard InChI is InChI=1S/C11H13NO4S/c1-17(14,15)16-7-6-10-8-4-2-3-5-9(8)11(13)12-10/h2-5,10H,6-7H2,1H3,(H,12,13). The maximum atomic E-state index is 11.6. The van der Waals surface area contributed by atoms with Crippen molar-refractivity contribution in [2.75, 3.05) is 12.9 Å². The lowest BCUT2D eigenvalue weighted by Crippen LogP contribution is -2.20. The zero-order chi connectivity index (χ0) is 12.5. The predicted molar refractivity (Wildman–Crippen MR) is 62.1 cm³/mol. The molecule has 2 rings (SSSR count). The molecule has 1 aliphatic heterocycles. The summed E-state index contributed by atoms with van der Waals surface area (Å²) in [5.74, 6) is -0.120. The van der Waals surface area contributed by atoms with Gasteiger partial charge in [-0.2, -0.15) is 8.42 Å². The maximum Gasteiger partial charge on any atom is 0.264 e. The van der Waals surface area contributed by atoms with Crippen LogP contribution in [-0.2, 0) is 14.3 Å². The SMILES string of the molecule is CS(=O)(=O)OCCC1NC(=O)c2ccccc21. The fraction of sp³-hybridized carbons (Fsp3) is 0.364. The molecule has 1 unspecified atom stereocenters. The van der Waals surface area contributed by atoms with Crippen molar-refractivity contribution in [2.45, 2.75) is 12.5 Å². The molecule has 1 amide bonds. The molecular formula is C11H13NO4S. The van der Waals surface area contributed by atoms with E-state index in [9.17, 15) is 13.2 Å².